The van der Waals surface area contributed by atoms with Gasteiger partial charge in [-0.25, -0.2) is 0 Å². The van der Waals surface area contributed by atoms with E-state index in [-0.39, 0.29) is 0 Å². The van der Waals surface area contributed by atoms with Gasteiger partial charge in [-0.1, -0.05) is 28.9 Å². The van der Waals surface area contributed by atoms with Crippen LogP contribution in [0.1, 0.15) is 18.4 Å². The lowest BCUT2D eigenvalue weighted by Crippen LogP contribution is -2.09. The van der Waals surface area contributed by atoms with E-state index in [1.165, 1.54) is 0 Å². The van der Waals surface area contributed by atoms with Crippen molar-refractivity contribution in [1.29, 1.82) is 0 Å². The Bertz CT molecular complexity index is 559. The molecule has 1 unspecified atom stereocenters. The number of aromatic nitrogens is 2. The molecular formula is C12H10ClN3O. The second kappa shape index (κ2) is 5.00. The third-order valence-electron chi connectivity index (χ3n) is 2.18. The Morgan fingerprint density at radius 3 is 3.06 bits per heavy atom. The van der Waals surface area contributed by atoms with Crippen LogP contribution in [0.15, 0.2) is 28.8 Å². The third kappa shape index (κ3) is 2.64. The summed E-state index contributed by atoms with van der Waals surface area (Å²) in [4.78, 5) is 4.18. The Kier molecular flexibility index (Phi) is 3.43. The van der Waals surface area contributed by atoms with Crippen molar-refractivity contribution >= 4 is 11.6 Å². The predicted molar refractivity (Wildman–Crippen MR) is 65.1 cm³/mol. The SMILES string of the molecule is C#CCC(N)c1nc(-c2cccc(Cl)c2)no1. The molecule has 0 fully saturated rings. The van der Waals surface area contributed by atoms with Crippen LogP contribution < -0.4 is 5.73 Å². The number of nitrogens with two attached hydrogens (primary N) is 1. The number of rotatable bonds is 3. The van der Waals surface area contributed by atoms with Crippen LogP contribution in [0.2, 0.25) is 5.02 Å². The van der Waals surface area contributed by atoms with Crippen LogP contribution in [0, 0.1) is 12.3 Å². The first-order chi connectivity index (χ1) is 8.20. The summed E-state index contributed by atoms with van der Waals surface area (Å²) in [5.74, 6) is 3.24. The summed E-state index contributed by atoms with van der Waals surface area (Å²) in [5, 5.41) is 4.45. The highest BCUT2D eigenvalue weighted by atomic mass is 35.5. The summed E-state index contributed by atoms with van der Waals surface area (Å²) >= 11 is 5.88. The average molecular weight is 248 g/mol. The third-order valence-corrected chi connectivity index (χ3v) is 2.41. The molecule has 5 heteroatoms. The summed E-state index contributed by atoms with van der Waals surface area (Å²) in [6.07, 6.45) is 5.53. The van der Waals surface area contributed by atoms with Gasteiger partial charge in [-0.3, -0.25) is 0 Å². The maximum atomic E-state index is 5.88. The van der Waals surface area contributed by atoms with Crippen LogP contribution >= 0.6 is 11.6 Å². The number of terminal acetylenes is 1. The van der Waals surface area contributed by atoms with Crippen LogP contribution in [-0.2, 0) is 0 Å². The molecule has 0 saturated heterocycles. The standard InChI is InChI=1S/C12H10ClN3O/c1-2-4-10(14)12-15-11(16-17-12)8-5-3-6-9(13)7-8/h1,3,5-7,10H,4,14H2. The fraction of sp³-hybridized carbons (Fsp3) is 0.167. The molecule has 2 rings (SSSR count). The number of halogens is 1. The molecule has 1 aromatic carbocycles. The van der Waals surface area contributed by atoms with Gasteiger partial charge in [0.25, 0.3) is 0 Å². The van der Waals surface area contributed by atoms with E-state index < -0.39 is 6.04 Å². The topological polar surface area (TPSA) is 64.9 Å². The first-order valence-electron chi connectivity index (χ1n) is 4.99. The molecule has 2 aromatic rings. The van der Waals surface area contributed by atoms with Crippen molar-refractivity contribution in [2.75, 3.05) is 0 Å². The Hall–Kier alpha value is -1.83. The van der Waals surface area contributed by atoms with E-state index in [4.69, 9.17) is 28.3 Å². The van der Waals surface area contributed by atoms with E-state index in [9.17, 15) is 0 Å². The average Bonchev–Trinajstić information content (AvgIpc) is 2.78. The Labute approximate surface area is 104 Å². The lowest BCUT2D eigenvalue weighted by Gasteiger charge is -1.98. The lowest BCUT2D eigenvalue weighted by molar-refractivity contribution is 0.357. The molecule has 0 spiro atoms. The van der Waals surface area contributed by atoms with Gasteiger partial charge in [0.2, 0.25) is 11.7 Å². The second-order valence-corrected chi connectivity index (χ2v) is 3.92. The highest BCUT2D eigenvalue weighted by Crippen LogP contribution is 2.21. The van der Waals surface area contributed by atoms with Gasteiger partial charge in [0.1, 0.15) is 0 Å². The van der Waals surface area contributed by atoms with E-state index in [1.807, 2.05) is 12.1 Å². The molecule has 2 N–H and O–H groups in total. The Balaban J connectivity index is 2.27. The highest BCUT2D eigenvalue weighted by Gasteiger charge is 2.14. The van der Waals surface area contributed by atoms with Crippen LogP contribution in [-0.4, -0.2) is 10.1 Å². The zero-order valence-electron chi connectivity index (χ0n) is 8.93. The summed E-state index contributed by atoms with van der Waals surface area (Å²) in [7, 11) is 0. The molecular weight excluding hydrogens is 238 g/mol. The number of benzene rings is 1. The van der Waals surface area contributed by atoms with Gasteiger partial charge in [-0.2, -0.15) is 4.98 Å². The van der Waals surface area contributed by atoms with Gasteiger partial charge >= 0.3 is 0 Å². The van der Waals surface area contributed by atoms with E-state index >= 15 is 0 Å². The molecule has 0 amide bonds. The Morgan fingerprint density at radius 2 is 2.35 bits per heavy atom. The predicted octanol–water partition coefficient (Wildman–Crippen LogP) is 2.41. The minimum absolute atomic E-state index is 0.331. The van der Waals surface area contributed by atoms with Crippen LogP contribution in [0.25, 0.3) is 11.4 Å². The van der Waals surface area contributed by atoms with E-state index in [0.29, 0.717) is 23.2 Å². The largest absolute Gasteiger partial charge is 0.337 e. The molecule has 1 aromatic heterocycles. The highest BCUT2D eigenvalue weighted by molar-refractivity contribution is 6.30. The van der Waals surface area contributed by atoms with Gasteiger partial charge < -0.3 is 10.3 Å². The van der Waals surface area contributed by atoms with Crippen molar-refractivity contribution < 1.29 is 4.52 Å². The second-order valence-electron chi connectivity index (χ2n) is 3.48. The molecule has 1 heterocycles. The van der Waals surface area contributed by atoms with Crippen molar-refractivity contribution in [1.82, 2.24) is 10.1 Å². The summed E-state index contributed by atoms with van der Waals surface area (Å²) in [6, 6.07) is 6.75. The molecule has 0 aliphatic heterocycles. The molecule has 86 valence electrons. The van der Waals surface area contributed by atoms with E-state index in [2.05, 4.69) is 16.1 Å². The van der Waals surface area contributed by atoms with Crippen LogP contribution in [0.3, 0.4) is 0 Å². The number of hydrogen-bond donors (Lipinski definition) is 1. The molecule has 4 nitrogen and oxygen atoms in total. The Morgan fingerprint density at radius 1 is 1.53 bits per heavy atom. The molecule has 0 aliphatic rings. The van der Waals surface area contributed by atoms with Crippen molar-refractivity contribution in [3.8, 4) is 23.7 Å². The van der Waals surface area contributed by atoms with E-state index in [0.717, 1.165) is 5.56 Å². The molecule has 0 saturated carbocycles. The zero-order chi connectivity index (χ0) is 12.3. The number of nitrogens with zero attached hydrogens (tertiary/aromatic N) is 2. The minimum Gasteiger partial charge on any atom is -0.337 e. The van der Waals surface area contributed by atoms with Gasteiger partial charge in [-0.15, -0.1) is 12.3 Å². The molecule has 0 bridgehead atoms. The summed E-state index contributed by atoms with van der Waals surface area (Å²) in [5.41, 5.74) is 6.54. The van der Waals surface area contributed by atoms with E-state index in [1.54, 1.807) is 12.1 Å². The number of hydrogen-bond acceptors (Lipinski definition) is 4. The quantitative estimate of drug-likeness (QED) is 0.846. The van der Waals surface area contributed by atoms with Crippen molar-refractivity contribution in [3.63, 3.8) is 0 Å². The van der Waals surface area contributed by atoms with Crippen molar-refractivity contribution in [2.45, 2.75) is 12.5 Å². The fourth-order valence-electron chi connectivity index (χ4n) is 1.34. The molecule has 17 heavy (non-hydrogen) atoms. The molecule has 0 radical (unpaired) electrons. The van der Waals surface area contributed by atoms with Crippen molar-refractivity contribution in [2.24, 2.45) is 5.73 Å². The monoisotopic (exact) mass is 247 g/mol. The van der Waals surface area contributed by atoms with Gasteiger partial charge in [0.15, 0.2) is 0 Å². The van der Waals surface area contributed by atoms with Gasteiger partial charge in [0.05, 0.1) is 6.04 Å². The van der Waals surface area contributed by atoms with Crippen LogP contribution in [0.5, 0.6) is 0 Å². The molecule has 0 aliphatic carbocycles. The smallest absolute Gasteiger partial charge is 0.244 e. The lowest BCUT2D eigenvalue weighted by atomic mass is 10.2. The van der Waals surface area contributed by atoms with Crippen LogP contribution in [0.4, 0.5) is 0 Å². The minimum atomic E-state index is -0.430. The maximum absolute atomic E-state index is 5.88. The first kappa shape index (κ1) is 11.6. The fourth-order valence-corrected chi connectivity index (χ4v) is 1.54. The van der Waals surface area contributed by atoms with Crippen molar-refractivity contribution in [3.05, 3.63) is 35.2 Å². The van der Waals surface area contributed by atoms with Gasteiger partial charge in [-0.05, 0) is 12.1 Å². The summed E-state index contributed by atoms with van der Waals surface area (Å²) < 4.78 is 5.05. The summed E-state index contributed by atoms with van der Waals surface area (Å²) in [6.45, 7) is 0. The first-order valence-corrected chi connectivity index (χ1v) is 5.37. The molecule has 1 atom stereocenters. The zero-order valence-corrected chi connectivity index (χ0v) is 9.69. The normalized spacial score (nSPS) is 12.1. The maximum Gasteiger partial charge on any atom is 0.244 e. The van der Waals surface area contributed by atoms with Gasteiger partial charge in [0, 0.05) is 17.0 Å².